The molecule has 1 rings (SSSR count). The lowest BCUT2D eigenvalue weighted by molar-refractivity contribution is -0.146. The summed E-state index contributed by atoms with van der Waals surface area (Å²) in [5, 5.41) is 23.6. The zero-order valence-electron chi connectivity index (χ0n) is 18.4. The first kappa shape index (κ1) is 25.8. The number of nitrogens with one attached hydrogen (secondary N) is 2. The van der Waals surface area contributed by atoms with Crippen LogP contribution >= 0.6 is 0 Å². The Balaban J connectivity index is 2.88. The molecule has 0 aliphatic carbocycles. The number of hydrogen-bond donors (Lipinski definition) is 5. The molecule has 1 fully saturated rings. The van der Waals surface area contributed by atoms with Crippen molar-refractivity contribution in [3.8, 4) is 0 Å². The highest BCUT2D eigenvalue weighted by Gasteiger charge is 2.38. The van der Waals surface area contributed by atoms with Gasteiger partial charge in [-0.2, -0.15) is 0 Å². The van der Waals surface area contributed by atoms with Crippen molar-refractivity contribution in [2.24, 2.45) is 17.6 Å². The average molecular weight is 429 g/mol. The summed E-state index contributed by atoms with van der Waals surface area (Å²) in [6.45, 7) is 9.02. The van der Waals surface area contributed by atoms with Crippen LogP contribution in [0.5, 0.6) is 0 Å². The molecule has 0 aromatic carbocycles. The van der Waals surface area contributed by atoms with Gasteiger partial charge in [0, 0.05) is 6.54 Å². The van der Waals surface area contributed by atoms with E-state index in [1.807, 2.05) is 13.8 Å². The maximum Gasteiger partial charge on any atom is 0.328 e. The van der Waals surface area contributed by atoms with Gasteiger partial charge in [0.1, 0.15) is 12.1 Å². The molecule has 10 nitrogen and oxygen atoms in total. The van der Waals surface area contributed by atoms with Gasteiger partial charge >= 0.3 is 5.97 Å². The fourth-order valence-corrected chi connectivity index (χ4v) is 3.54. The number of aliphatic carboxylic acids is 1. The van der Waals surface area contributed by atoms with Crippen LogP contribution < -0.4 is 16.4 Å². The SMILES string of the molecule is CC(C)C[C@H](N)C(=O)N1CCC[C@H]1C(=O)N[C@H](C(=O)N[C@H](C(=O)O)[C@@H](C)O)C(C)C. The van der Waals surface area contributed by atoms with Gasteiger partial charge in [-0.05, 0) is 38.0 Å². The molecule has 0 unspecified atom stereocenters. The molecule has 0 bridgehead atoms. The van der Waals surface area contributed by atoms with Crippen molar-refractivity contribution < 1.29 is 29.4 Å². The van der Waals surface area contributed by atoms with Crippen LogP contribution in [0.1, 0.15) is 53.9 Å². The van der Waals surface area contributed by atoms with Gasteiger partial charge in [0.25, 0.3) is 0 Å². The molecule has 172 valence electrons. The van der Waals surface area contributed by atoms with Gasteiger partial charge in [-0.25, -0.2) is 4.79 Å². The average Bonchev–Trinajstić information content (AvgIpc) is 3.11. The molecule has 10 heteroatoms. The predicted octanol–water partition coefficient (Wildman–Crippen LogP) is -0.558. The Hall–Kier alpha value is -2.20. The standard InChI is InChI=1S/C20H36N4O6/c1-10(2)9-13(21)19(28)24-8-6-7-14(24)17(26)22-15(11(3)4)18(27)23-16(12(5)25)20(29)30/h10-16,25H,6-9,21H2,1-5H3,(H,22,26)(H,23,27)(H,29,30)/t12-,13+,14+,15+,16+/m1/s1. The summed E-state index contributed by atoms with van der Waals surface area (Å²) in [5.74, 6) is -2.95. The van der Waals surface area contributed by atoms with E-state index < -0.39 is 48.1 Å². The molecular formula is C20H36N4O6. The highest BCUT2D eigenvalue weighted by Crippen LogP contribution is 2.20. The Bertz CT molecular complexity index is 637. The van der Waals surface area contributed by atoms with Crippen LogP contribution in [0.2, 0.25) is 0 Å². The molecule has 0 saturated carbocycles. The highest BCUT2D eigenvalue weighted by atomic mass is 16.4. The van der Waals surface area contributed by atoms with E-state index in [1.54, 1.807) is 13.8 Å². The Labute approximate surface area is 177 Å². The molecule has 0 aromatic heterocycles. The van der Waals surface area contributed by atoms with Crippen LogP contribution in [0, 0.1) is 11.8 Å². The second-order valence-electron chi connectivity index (χ2n) is 8.72. The Morgan fingerprint density at radius 3 is 2.13 bits per heavy atom. The van der Waals surface area contributed by atoms with Crippen LogP contribution in [0.4, 0.5) is 0 Å². The number of aliphatic hydroxyl groups is 1. The monoisotopic (exact) mass is 428 g/mol. The number of carboxylic acids is 1. The largest absolute Gasteiger partial charge is 0.480 e. The summed E-state index contributed by atoms with van der Waals surface area (Å²) in [4.78, 5) is 50.9. The molecule has 1 heterocycles. The van der Waals surface area contributed by atoms with E-state index in [-0.39, 0.29) is 17.7 Å². The molecule has 1 saturated heterocycles. The minimum atomic E-state index is -1.49. The number of likely N-dealkylation sites (tertiary alicyclic amines) is 1. The lowest BCUT2D eigenvalue weighted by Gasteiger charge is -2.30. The number of carbonyl (C=O) groups excluding carboxylic acids is 3. The smallest absolute Gasteiger partial charge is 0.328 e. The van der Waals surface area contributed by atoms with Crippen molar-refractivity contribution in [1.29, 1.82) is 0 Å². The van der Waals surface area contributed by atoms with Gasteiger partial charge in [0.2, 0.25) is 17.7 Å². The Morgan fingerprint density at radius 2 is 1.67 bits per heavy atom. The first-order valence-electron chi connectivity index (χ1n) is 10.4. The molecule has 1 aliphatic heterocycles. The normalized spacial score (nSPS) is 20.6. The number of amides is 3. The topological polar surface area (TPSA) is 162 Å². The molecular weight excluding hydrogens is 392 g/mol. The van der Waals surface area contributed by atoms with Gasteiger partial charge in [-0.15, -0.1) is 0 Å². The third-order valence-electron chi connectivity index (χ3n) is 5.17. The fourth-order valence-electron chi connectivity index (χ4n) is 3.54. The molecule has 0 spiro atoms. The molecule has 0 aromatic rings. The molecule has 6 N–H and O–H groups in total. The lowest BCUT2D eigenvalue weighted by Crippen LogP contribution is -2.59. The molecule has 0 radical (unpaired) electrons. The summed E-state index contributed by atoms with van der Waals surface area (Å²) in [6.07, 6.45) is 0.320. The number of hydrogen-bond acceptors (Lipinski definition) is 6. The fraction of sp³-hybridized carbons (Fsp3) is 0.800. The number of carbonyl (C=O) groups is 4. The summed E-state index contributed by atoms with van der Waals surface area (Å²) in [7, 11) is 0. The number of nitrogens with zero attached hydrogens (tertiary/aromatic N) is 1. The number of rotatable bonds is 10. The van der Waals surface area contributed by atoms with E-state index in [0.717, 1.165) is 0 Å². The summed E-state index contributed by atoms with van der Waals surface area (Å²) in [5.41, 5.74) is 6.00. The van der Waals surface area contributed by atoms with Crippen molar-refractivity contribution in [1.82, 2.24) is 15.5 Å². The van der Waals surface area contributed by atoms with Crippen LogP contribution in [-0.2, 0) is 19.2 Å². The van der Waals surface area contributed by atoms with Gasteiger partial charge in [0.05, 0.1) is 12.1 Å². The zero-order valence-corrected chi connectivity index (χ0v) is 18.4. The summed E-state index contributed by atoms with van der Waals surface area (Å²) < 4.78 is 0. The van der Waals surface area contributed by atoms with E-state index in [2.05, 4.69) is 10.6 Å². The molecule has 3 amide bonds. The zero-order chi connectivity index (χ0) is 23.2. The van der Waals surface area contributed by atoms with Crippen LogP contribution in [0.15, 0.2) is 0 Å². The van der Waals surface area contributed by atoms with Gasteiger partial charge in [-0.3, -0.25) is 14.4 Å². The third-order valence-corrected chi connectivity index (χ3v) is 5.17. The lowest BCUT2D eigenvalue weighted by atomic mass is 10.0. The predicted molar refractivity (Wildman–Crippen MR) is 110 cm³/mol. The van der Waals surface area contributed by atoms with E-state index in [4.69, 9.17) is 10.8 Å². The van der Waals surface area contributed by atoms with Gasteiger partial charge in [0.15, 0.2) is 6.04 Å². The van der Waals surface area contributed by atoms with Gasteiger partial charge < -0.3 is 31.5 Å². The Morgan fingerprint density at radius 1 is 1.07 bits per heavy atom. The van der Waals surface area contributed by atoms with E-state index in [0.29, 0.717) is 25.8 Å². The van der Waals surface area contributed by atoms with Gasteiger partial charge in [-0.1, -0.05) is 27.7 Å². The molecule has 5 atom stereocenters. The second-order valence-corrected chi connectivity index (χ2v) is 8.72. The summed E-state index contributed by atoms with van der Waals surface area (Å²) >= 11 is 0. The first-order chi connectivity index (χ1) is 13.9. The van der Waals surface area contributed by atoms with Crippen LogP contribution in [-0.4, -0.2) is 75.6 Å². The van der Waals surface area contributed by atoms with E-state index in [1.165, 1.54) is 11.8 Å². The Kier molecular flexibility index (Phi) is 9.70. The molecule has 1 aliphatic rings. The van der Waals surface area contributed by atoms with Crippen molar-refractivity contribution in [2.75, 3.05) is 6.54 Å². The number of carboxylic acid groups (broad SMARTS) is 1. The van der Waals surface area contributed by atoms with Crippen molar-refractivity contribution in [3.05, 3.63) is 0 Å². The highest BCUT2D eigenvalue weighted by molar-refractivity contribution is 5.94. The quantitative estimate of drug-likeness (QED) is 0.311. The van der Waals surface area contributed by atoms with E-state index in [9.17, 15) is 24.3 Å². The third kappa shape index (κ3) is 6.94. The maximum absolute atomic E-state index is 12.9. The van der Waals surface area contributed by atoms with Crippen molar-refractivity contribution >= 4 is 23.7 Å². The summed E-state index contributed by atoms with van der Waals surface area (Å²) in [6, 6.07) is -3.92. The maximum atomic E-state index is 12.9. The number of nitrogens with two attached hydrogens (primary N) is 1. The van der Waals surface area contributed by atoms with Crippen LogP contribution in [0.25, 0.3) is 0 Å². The second kappa shape index (κ2) is 11.3. The number of aliphatic hydroxyl groups excluding tert-OH is 1. The van der Waals surface area contributed by atoms with Crippen LogP contribution in [0.3, 0.4) is 0 Å². The minimum Gasteiger partial charge on any atom is -0.480 e. The molecule has 30 heavy (non-hydrogen) atoms. The van der Waals surface area contributed by atoms with Crippen molar-refractivity contribution in [2.45, 2.75) is 84.2 Å². The van der Waals surface area contributed by atoms with E-state index >= 15 is 0 Å². The minimum absolute atomic E-state index is 0.240. The van der Waals surface area contributed by atoms with Crippen molar-refractivity contribution in [3.63, 3.8) is 0 Å². The first-order valence-corrected chi connectivity index (χ1v) is 10.4.